The highest BCUT2D eigenvalue weighted by Gasteiger charge is 2.51. The maximum Gasteiger partial charge on any atom is 0.0725 e. The van der Waals surface area contributed by atoms with Crippen LogP contribution in [0.15, 0.2) is 194 Å². The highest BCUT2D eigenvalue weighted by Crippen LogP contribution is 2.63. The van der Waals surface area contributed by atoms with Crippen molar-refractivity contribution >= 4 is 43.0 Å². The summed E-state index contributed by atoms with van der Waals surface area (Å²) >= 11 is 1.92. The molecule has 0 saturated carbocycles. The van der Waals surface area contributed by atoms with E-state index in [1.807, 2.05) is 11.3 Å². The Bertz CT molecular complexity index is 3060. The van der Waals surface area contributed by atoms with Gasteiger partial charge < -0.3 is 0 Å². The van der Waals surface area contributed by atoms with Crippen molar-refractivity contribution in [3.8, 4) is 54.9 Å². The molecule has 2 aliphatic carbocycles. The molecule has 1 spiro atoms. The summed E-state index contributed by atoms with van der Waals surface area (Å²) in [5.74, 6) is 0. The molecule has 0 atom stereocenters. The monoisotopic (exact) mass is 700 g/mol. The Morgan fingerprint density at radius 2 is 0.741 bits per heavy atom. The molecule has 0 amide bonds. The largest absolute Gasteiger partial charge is 0.135 e. The van der Waals surface area contributed by atoms with Gasteiger partial charge in [-0.05, 0) is 100 Å². The number of hydrogen-bond donors (Lipinski definition) is 0. The molecule has 0 aliphatic heterocycles. The molecule has 250 valence electrons. The lowest BCUT2D eigenvalue weighted by atomic mass is 9.70. The van der Waals surface area contributed by atoms with Gasteiger partial charge in [0.2, 0.25) is 0 Å². The average molecular weight is 701 g/mol. The number of hydrogen-bond acceptors (Lipinski definition) is 1. The van der Waals surface area contributed by atoms with Gasteiger partial charge in [0.15, 0.2) is 0 Å². The molecule has 9 aromatic carbocycles. The molecule has 0 bridgehead atoms. The van der Waals surface area contributed by atoms with Gasteiger partial charge in [-0.15, -0.1) is 11.3 Å². The molecular formula is C53H32S. The summed E-state index contributed by atoms with van der Waals surface area (Å²) in [5, 5.41) is 6.43. The Balaban J connectivity index is 1.17. The molecule has 0 radical (unpaired) electrons. The fourth-order valence-electron chi connectivity index (χ4n) is 10.1. The van der Waals surface area contributed by atoms with Gasteiger partial charge in [-0.3, -0.25) is 0 Å². The summed E-state index contributed by atoms with van der Waals surface area (Å²) < 4.78 is 1.30. The minimum absolute atomic E-state index is 0.347. The lowest BCUT2D eigenvalue weighted by Crippen LogP contribution is -2.25. The molecule has 12 rings (SSSR count). The first kappa shape index (κ1) is 30.0. The zero-order valence-electron chi connectivity index (χ0n) is 29.4. The van der Waals surface area contributed by atoms with Crippen LogP contribution in [0.4, 0.5) is 0 Å². The summed E-state index contributed by atoms with van der Waals surface area (Å²) in [5.41, 5.74) is 16.9. The van der Waals surface area contributed by atoms with Crippen molar-refractivity contribution in [2.24, 2.45) is 0 Å². The average Bonchev–Trinajstić information content (AvgIpc) is 3.87. The van der Waals surface area contributed by atoms with Gasteiger partial charge in [-0.1, -0.05) is 182 Å². The topological polar surface area (TPSA) is 0 Å². The zero-order chi connectivity index (χ0) is 35.4. The van der Waals surface area contributed by atoms with Crippen LogP contribution in [0.25, 0.3) is 86.6 Å². The van der Waals surface area contributed by atoms with Gasteiger partial charge >= 0.3 is 0 Å². The fourth-order valence-corrected chi connectivity index (χ4v) is 11.3. The van der Waals surface area contributed by atoms with Gasteiger partial charge in [0.25, 0.3) is 0 Å². The van der Waals surface area contributed by atoms with Crippen LogP contribution in [0, 0.1) is 0 Å². The van der Waals surface area contributed by atoms with Crippen LogP contribution < -0.4 is 0 Å². The molecule has 1 heterocycles. The molecule has 1 aromatic heterocycles. The predicted octanol–water partition coefficient (Wildman–Crippen LogP) is 14.6. The number of thiophene rings is 1. The van der Waals surface area contributed by atoms with Gasteiger partial charge in [0.1, 0.15) is 0 Å². The van der Waals surface area contributed by atoms with Gasteiger partial charge in [0, 0.05) is 20.5 Å². The van der Waals surface area contributed by atoms with E-state index in [0.717, 1.165) is 0 Å². The lowest BCUT2D eigenvalue weighted by Gasteiger charge is -2.30. The first-order valence-electron chi connectivity index (χ1n) is 18.8. The Morgan fingerprint density at radius 1 is 0.296 bits per heavy atom. The number of benzene rings is 9. The van der Waals surface area contributed by atoms with Crippen molar-refractivity contribution in [1.29, 1.82) is 0 Å². The van der Waals surface area contributed by atoms with E-state index in [0.29, 0.717) is 0 Å². The van der Waals surface area contributed by atoms with E-state index in [9.17, 15) is 0 Å². The Labute approximate surface area is 318 Å². The van der Waals surface area contributed by atoms with Crippen LogP contribution in [-0.4, -0.2) is 0 Å². The molecule has 54 heavy (non-hydrogen) atoms. The molecule has 0 saturated heterocycles. The second-order valence-electron chi connectivity index (χ2n) is 14.7. The quantitative estimate of drug-likeness (QED) is 0.161. The SMILES string of the molecule is c1ccc(-c2c3ccccc3c(-c3c(-c4ccc5c(c4)-c4ccccc4C54c5ccccc5-c5ccccc54)sc4ccccc34)c3ccccc23)cc1. The van der Waals surface area contributed by atoms with E-state index in [4.69, 9.17) is 0 Å². The first-order valence-corrected chi connectivity index (χ1v) is 19.6. The standard InChI is InChI=1S/C53H32S/c1-2-16-33(17-3-1)49-38-21-4-6-23-40(38)50(41-24-7-5-22-39(41)49)51-42-25-11-15-29-48(42)54-52(51)34-30-31-47-43(32-34)37-20-10-14-28-46(37)53(47)44-26-12-8-18-35(44)36-19-9-13-27-45(36)53/h1-32H. The van der Waals surface area contributed by atoms with Crippen LogP contribution in [0.3, 0.4) is 0 Å². The minimum atomic E-state index is -0.347. The maximum absolute atomic E-state index is 2.50. The van der Waals surface area contributed by atoms with Gasteiger partial charge in [-0.2, -0.15) is 0 Å². The molecule has 0 unspecified atom stereocenters. The third-order valence-corrected chi connectivity index (χ3v) is 13.3. The maximum atomic E-state index is 2.50. The Kier molecular flexibility index (Phi) is 6.23. The van der Waals surface area contributed by atoms with Crippen molar-refractivity contribution in [1.82, 2.24) is 0 Å². The van der Waals surface area contributed by atoms with Crippen molar-refractivity contribution < 1.29 is 0 Å². The first-order chi connectivity index (χ1) is 26.8. The van der Waals surface area contributed by atoms with Crippen LogP contribution in [0.5, 0.6) is 0 Å². The van der Waals surface area contributed by atoms with Crippen molar-refractivity contribution in [2.45, 2.75) is 5.41 Å². The van der Waals surface area contributed by atoms with E-state index < -0.39 is 0 Å². The van der Waals surface area contributed by atoms with Crippen LogP contribution in [0.2, 0.25) is 0 Å². The predicted molar refractivity (Wildman–Crippen MR) is 229 cm³/mol. The summed E-state index contributed by atoms with van der Waals surface area (Å²) in [6, 6.07) is 72.5. The smallest absolute Gasteiger partial charge is 0.0725 e. The molecule has 0 N–H and O–H groups in total. The molecular weight excluding hydrogens is 669 g/mol. The van der Waals surface area contributed by atoms with E-state index in [1.54, 1.807) is 0 Å². The third-order valence-electron chi connectivity index (χ3n) is 12.1. The van der Waals surface area contributed by atoms with Crippen LogP contribution >= 0.6 is 11.3 Å². The number of fused-ring (bicyclic) bond motifs is 13. The third kappa shape index (κ3) is 3.87. The summed E-state index contributed by atoms with van der Waals surface area (Å²) in [6.07, 6.45) is 0. The lowest BCUT2D eigenvalue weighted by molar-refractivity contribution is 0.794. The van der Waals surface area contributed by atoms with Crippen LogP contribution in [0.1, 0.15) is 22.3 Å². The van der Waals surface area contributed by atoms with Gasteiger partial charge in [0.05, 0.1) is 5.41 Å². The zero-order valence-corrected chi connectivity index (χ0v) is 30.2. The molecule has 2 aliphatic rings. The minimum Gasteiger partial charge on any atom is -0.135 e. The van der Waals surface area contributed by atoms with E-state index >= 15 is 0 Å². The van der Waals surface area contributed by atoms with E-state index in [-0.39, 0.29) is 5.41 Å². The normalized spacial score (nSPS) is 13.3. The highest BCUT2D eigenvalue weighted by atomic mass is 32.1. The van der Waals surface area contributed by atoms with Crippen molar-refractivity contribution in [3.05, 3.63) is 216 Å². The highest BCUT2D eigenvalue weighted by molar-refractivity contribution is 7.23. The Hall–Kier alpha value is -6.54. The van der Waals surface area contributed by atoms with Crippen molar-refractivity contribution in [2.75, 3.05) is 0 Å². The summed E-state index contributed by atoms with van der Waals surface area (Å²) in [7, 11) is 0. The second kappa shape index (κ2) is 11.2. The van der Waals surface area contributed by atoms with Crippen LogP contribution in [-0.2, 0) is 5.41 Å². The number of rotatable bonds is 3. The molecule has 10 aromatic rings. The summed E-state index contributed by atoms with van der Waals surface area (Å²) in [4.78, 5) is 1.31. The molecule has 0 fully saturated rings. The molecule has 0 nitrogen and oxygen atoms in total. The van der Waals surface area contributed by atoms with E-state index in [2.05, 4.69) is 194 Å². The van der Waals surface area contributed by atoms with E-state index in [1.165, 1.54) is 109 Å². The fraction of sp³-hybridized carbons (Fsp3) is 0.0189. The summed E-state index contributed by atoms with van der Waals surface area (Å²) in [6.45, 7) is 0. The Morgan fingerprint density at radius 3 is 1.33 bits per heavy atom. The second-order valence-corrected chi connectivity index (χ2v) is 15.7. The van der Waals surface area contributed by atoms with Gasteiger partial charge in [-0.25, -0.2) is 0 Å². The van der Waals surface area contributed by atoms with Crippen molar-refractivity contribution in [3.63, 3.8) is 0 Å². The molecule has 1 heteroatoms.